The first-order valence-corrected chi connectivity index (χ1v) is 2.46. The molecule has 0 aromatic rings. The summed E-state index contributed by atoms with van der Waals surface area (Å²) >= 11 is 10.6. The first-order chi connectivity index (χ1) is 3.18. The van der Waals surface area contributed by atoms with Crippen molar-refractivity contribution in [3.63, 3.8) is 0 Å². The van der Waals surface area contributed by atoms with E-state index in [2.05, 4.69) is 0 Å². The fraction of sp³-hybridized carbons (Fsp3) is 0.250. The molecule has 0 aliphatic carbocycles. The van der Waals surface area contributed by atoms with Crippen LogP contribution >= 0.6 is 23.2 Å². The number of hydrogen-bond donors (Lipinski definition) is 1. The van der Waals surface area contributed by atoms with Gasteiger partial charge >= 0.3 is 0 Å². The van der Waals surface area contributed by atoms with E-state index in [0.717, 1.165) is 6.21 Å². The molecule has 0 bridgehead atoms. The van der Waals surface area contributed by atoms with Crippen LogP contribution in [-0.2, 0) is 0 Å². The fourth-order valence-electron chi connectivity index (χ4n) is 0.0994. The van der Waals surface area contributed by atoms with Gasteiger partial charge in [0.25, 0.3) is 0 Å². The van der Waals surface area contributed by atoms with Gasteiger partial charge in [-0.05, 0) is 6.92 Å². The Bertz CT molecular complexity index is 102. The summed E-state index contributed by atoms with van der Waals surface area (Å²) < 4.78 is 0. The summed E-state index contributed by atoms with van der Waals surface area (Å²) in [4.78, 5) is 0. The maximum absolute atomic E-state index is 6.54. The van der Waals surface area contributed by atoms with E-state index in [1.54, 1.807) is 6.92 Å². The van der Waals surface area contributed by atoms with Crippen molar-refractivity contribution < 1.29 is 0 Å². The lowest BCUT2D eigenvalue weighted by atomic mass is 10.5. The summed E-state index contributed by atoms with van der Waals surface area (Å²) in [5, 5.41) is 7.29. The van der Waals surface area contributed by atoms with Gasteiger partial charge in [0.05, 0.1) is 5.03 Å². The highest BCUT2D eigenvalue weighted by atomic mass is 35.5. The molecule has 0 atom stereocenters. The molecule has 0 aliphatic heterocycles. The predicted molar refractivity (Wildman–Crippen MR) is 33.2 cm³/mol. The minimum atomic E-state index is 0.293. The molecular formula is C4H5Cl2N. The summed E-state index contributed by atoms with van der Waals surface area (Å²) in [5.74, 6) is 0. The van der Waals surface area contributed by atoms with Gasteiger partial charge in [-0.1, -0.05) is 23.2 Å². The molecule has 0 radical (unpaired) electrons. The number of halogens is 2. The topological polar surface area (TPSA) is 23.9 Å². The predicted octanol–water partition coefficient (Wildman–Crippen LogP) is 2.35. The Hall–Kier alpha value is -0.0100. The number of rotatable bonds is 1. The van der Waals surface area contributed by atoms with Crippen LogP contribution in [0.3, 0.4) is 0 Å². The van der Waals surface area contributed by atoms with E-state index in [0.29, 0.717) is 10.1 Å². The van der Waals surface area contributed by atoms with E-state index in [9.17, 15) is 0 Å². The highest BCUT2D eigenvalue weighted by Crippen LogP contribution is 2.08. The van der Waals surface area contributed by atoms with Gasteiger partial charge in [0.1, 0.15) is 0 Å². The first kappa shape index (κ1) is 6.99. The first-order valence-electron chi connectivity index (χ1n) is 1.71. The molecule has 0 saturated carbocycles. The van der Waals surface area contributed by atoms with E-state index in [1.807, 2.05) is 0 Å². The fourth-order valence-corrected chi connectivity index (χ4v) is 0.154. The summed E-state index contributed by atoms with van der Waals surface area (Å²) in [6.45, 7) is 1.63. The molecule has 0 heterocycles. The van der Waals surface area contributed by atoms with Gasteiger partial charge in [-0.2, -0.15) is 0 Å². The van der Waals surface area contributed by atoms with Gasteiger partial charge in [0, 0.05) is 11.2 Å². The van der Waals surface area contributed by atoms with Gasteiger partial charge < -0.3 is 5.41 Å². The summed E-state index contributed by atoms with van der Waals surface area (Å²) in [7, 11) is 0. The lowest BCUT2D eigenvalue weighted by Gasteiger charge is -1.83. The van der Waals surface area contributed by atoms with Crippen molar-refractivity contribution in [3.05, 3.63) is 10.1 Å². The van der Waals surface area contributed by atoms with Crippen molar-refractivity contribution in [2.24, 2.45) is 0 Å². The van der Waals surface area contributed by atoms with Gasteiger partial charge in [-0.3, -0.25) is 0 Å². The molecule has 0 saturated heterocycles. The van der Waals surface area contributed by atoms with Crippen LogP contribution in [0.25, 0.3) is 0 Å². The molecule has 0 aromatic carbocycles. The Balaban J connectivity index is 3.98. The van der Waals surface area contributed by atoms with Crippen molar-refractivity contribution >= 4 is 29.4 Å². The molecule has 1 N–H and O–H groups in total. The summed E-state index contributed by atoms with van der Waals surface area (Å²) in [5.41, 5.74) is 0. The zero-order valence-electron chi connectivity index (χ0n) is 3.83. The maximum atomic E-state index is 6.54. The molecule has 7 heavy (non-hydrogen) atoms. The quantitative estimate of drug-likeness (QED) is 0.537. The third-order valence-corrected chi connectivity index (χ3v) is 1.15. The van der Waals surface area contributed by atoms with E-state index >= 15 is 0 Å². The Morgan fingerprint density at radius 3 is 2.00 bits per heavy atom. The average molecular weight is 138 g/mol. The van der Waals surface area contributed by atoms with Crippen molar-refractivity contribution in [1.29, 1.82) is 5.41 Å². The normalized spacial score (nSPS) is 13.0. The third kappa shape index (κ3) is 2.66. The van der Waals surface area contributed by atoms with Crippen LogP contribution in [0.2, 0.25) is 0 Å². The molecule has 3 heteroatoms. The third-order valence-electron chi connectivity index (χ3n) is 0.456. The van der Waals surface area contributed by atoms with Crippen LogP contribution in [0.4, 0.5) is 0 Å². The Kier molecular flexibility index (Phi) is 3.05. The standard InChI is InChI=1S/C4H5Cl2N/c1-3(5)4(6)2-7/h2,7H,1H3/b4-3-,7-2?. The van der Waals surface area contributed by atoms with Gasteiger partial charge in [-0.15, -0.1) is 0 Å². The zero-order chi connectivity index (χ0) is 5.86. The smallest absolute Gasteiger partial charge is 0.0723 e. The average Bonchev–Trinajstić information content (AvgIpc) is 1.65. The molecule has 0 amide bonds. The molecule has 0 aliphatic rings. The van der Waals surface area contributed by atoms with Crippen molar-refractivity contribution in [1.82, 2.24) is 0 Å². The second-order valence-corrected chi connectivity index (χ2v) is 2.00. The summed E-state index contributed by atoms with van der Waals surface area (Å²) in [6, 6.07) is 0. The summed E-state index contributed by atoms with van der Waals surface area (Å²) in [6.07, 6.45) is 1.00. The van der Waals surface area contributed by atoms with E-state index in [4.69, 9.17) is 28.6 Å². The molecule has 40 valence electrons. The van der Waals surface area contributed by atoms with Crippen molar-refractivity contribution in [2.45, 2.75) is 6.92 Å². The molecule has 1 nitrogen and oxygen atoms in total. The lowest BCUT2D eigenvalue weighted by Crippen LogP contribution is -1.70. The minimum absolute atomic E-state index is 0.293. The Labute approximate surface area is 52.4 Å². The van der Waals surface area contributed by atoms with Crippen LogP contribution < -0.4 is 0 Å². The largest absolute Gasteiger partial charge is 0.307 e. The molecule has 0 aromatic heterocycles. The van der Waals surface area contributed by atoms with E-state index in [-0.39, 0.29) is 0 Å². The molecule has 0 fully saturated rings. The van der Waals surface area contributed by atoms with Crippen LogP contribution in [0.15, 0.2) is 10.1 Å². The van der Waals surface area contributed by atoms with Gasteiger partial charge in [-0.25, -0.2) is 0 Å². The monoisotopic (exact) mass is 137 g/mol. The second-order valence-electron chi connectivity index (χ2n) is 1.03. The SMILES string of the molecule is C/C(Cl)=C(/Cl)C=N. The number of hydrogen-bond acceptors (Lipinski definition) is 1. The van der Waals surface area contributed by atoms with Gasteiger partial charge in [0.15, 0.2) is 0 Å². The number of nitrogens with one attached hydrogen (secondary N) is 1. The van der Waals surface area contributed by atoms with Crippen LogP contribution in [-0.4, -0.2) is 6.21 Å². The molecule has 0 rings (SSSR count). The molecular weight excluding hydrogens is 133 g/mol. The van der Waals surface area contributed by atoms with Crippen LogP contribution in [0, 0.1) is 5.41 Å². The van der Waals surface area contributed by atoms with E-state index in [1.165, 1.54) is 0 Å². The Morgan fingerprint density at radius 1 is 1.57 bits per heavy atom. The van der Waals surface area contributed by atoms with Gasteiger partial charge in [0.2, 0.25) is 0 Å². The molecule has 0 unspecified atom stereocenters. The minimum Gasteiger partial charge on any atom is -0.307 e. The zero-order valence-corrected chi connectivity index (χ0v) is 5.35. The van der Waals surface area contributed by atoms with Crippen LogP contribution in [0.1, 0.15) is 6.92 Å². The second kappa shape index (κ2) is 3.05. The maximum Gasteiger partial charge on any atom is 0.0723 e. The van der Waals surface area contributed by atoms with Crippen molar-refractivity contribution in [2.75, 3.05) is 0 Å². The van der Waals surface area contributed by atoms with Crippen molar-refractivity contribution in [3.8, 4) is 0 Å². The Morgan fingerprint density at radius 2 is 2.00 bits per heavy atom. The highest BCUT2D eigenvalue weighted by molar-refractivity contribution is 6.45. The molecule has 0 spiro atoms. The lowest BCUT2D eigenvalue weighted by molar-refractivity contribution is 1.55. The van der Waals surface area contributed by atoms with Crippen LogP contribution in [0.5, 0.6) is 0 Å². The number of allylic oxidation sites excluding steroid dienone is 2. The van der Waals surface area contributed by atoms with E-state index < -0.39 is 0 Å². The highest BCUT2D eigenvalue weighted by Gasteiger charge is 1.86.